The third kappa shape index (κ3) is 3.94. The maximum absolute atomic E-state index is 12.8. The third-order valence-corrected chi connectivity index (χ3v) is 4.47. The minimum Gasteiger partial charge on any atom is -0.477 e. The van der Waals surface area contributed by atoms with Gasteiger partial charge in [-0.2, -0.15) is 0 Å². The molecule has 3 rings (SSSR count). The van der Waals surface area contributed by atoms with E-state index in [9.17, 15) is 9.90 Å². The fraction of sp³-hybridized carbons (Fsp3) is 0.421. The molecule has 2 aromatic heterocycles. The lowest BCUT2D eigenvalue weighted by Crippen LogP contribution is -2.46. The van der Waals surface area contributed by atoms with Gasteiger partial charge in [0.25, 0.3) is 5.91 Å². The number of rotatable bonds is 6. The summed E-state index contributed by atoms with van der Waals surface area (Å²) in [5, 5.41) is 11.0. The van der Waals surface area contributed by atoms with Crippen LogP contribution in [-0.2, 0) is 0 Å². The van der Waals surface area contributed by atoms with Crippen LogP contribution in [-0.4, -0.2) is 64.8 Å². The van der Waals surface area contributed by atoms with Gasteiger partial charge < -0.3 is 19.6 Å². The average Bonchev–Trinajstić information content (AvgIpc) is 3.04. The minimum atomic E-state index is -0.976. The highest BCUT2D eigenvalue weighted by Gasteiger charge is 2.38. The lowest BCUT2D eigenvalue weighted by atomic mass is 10.0. The standard InChI is InChI=1S/C19H24N4O3/c1-3-26-17-15(7-6-11-21-17)18(24)22(2)13-19(25)9-12-23(14-19)16-8-4-5-10-20-16/h4-8,10-11,25H,3,9,12-14H2,1-2H3/t19-/m0/s1. The van der Waals surface area contributed by atoms with Gasteiger partial charge in [-0.3, -0.25) is 4.79 Å². The maximum atomic E-state index is 12.8. The van der Waals surface area contributed by atoms with Crippen LogP contribution in [0.15, 0.2) is 42.7 Å². The number of amides is 1. The molecule has 0 radical (unpaired) electrons. The Hall–Kier alpha value is -2.67. The van der Waals surface area contributed by atoms with Crippen molar-refractivity contribution in [3.8, 4) is 5.88 Å². The van der Waals surface area contributed by atoms with Crippen molar-refractivity contribution in [1.29, 1.82) is 0 Å². The maximum Gasteiger partial charge on any atom is 0.259 e. The van der Waals surface area contributed by atoms with Crippen LogP contribution in [0.3, 0.4) is 0 Å². The molecule has 26 heavy (non-hydrogen) atoms. The van der Waals surface area contributed by atoms with E-state index in [2.05, 4.69) is 9.97 Å². The van der Waals surface area contributed by atoms with E-state index in [1.165, 1.54) is 4.90 Å². The van der Waals surface area contributed by atoms with E-state index in [-0.39, 0.29) is 12.5 Å². The van der Waals surface area contributed by atoms with Gasteiger partial charge in [-0.1, -0.05) is 6.07 Å². The zero-order chi connectivity index (χ0) is 18.6. The largest absolute Gasteiger partial charge is 0.477 e. The number of hydrogen-bond donors (Lipinski definition) is 1. The number of aliphatic hydroxyl groups is 1. The van der Waals surface area contributed by atoms with Crippen LogP contribution >= 0.6 is 0 Å². The van der Waals surface area contributed by atoms with Crippen molar-refractivity contribution in [2.24, 2.45) is 0 Å². The van der Waals surface area contributed by atoms with Gasteiger partial charge in [-0.25, -0.2) is 9.97 Å². The van der Waals surface area contributed by atoms with E-state index in [0.717, 1.165) is 5.82 Å². The van der Waals surface area contributed by atoms with E-state index in [4.69, 9.17) is 4.74 Å². The third-order valence-electron chi connectivity index (χ3n) is 4.47. The molecule has 7 nitrogen and oxygen atoms in total. The van der Waals surface area contributed by atoms with Crippen molar-refractivity contribution in [1.82, 2.24) is 14.9 Å². The molecule has 0 spiro atoms. The lowest BCUT2D eigenvalue weighted by molar-refractivity contribution is 0.0262. The van der Waals surface area contributed by atoms with Crippen molar-refractivity contribution < 1.29 is 14.6 Å². The van der Waals surface area contributed by atoms with Gasteiger partial charge in [0.15, 0.2) is 0 Å². The summed E-state index contributed by atoms with van der Waals surface area (Å²) in [4.78, 5) is 24.8. The number of hydrogen-bond acceptors (Lipinski definition) is 6. The fourth-order valence-corrected chi connectivity index (χ4v) is 3.25. The van der Waals surface area contributed by atoms with E-state index in [1.807, 2.05) is 30.0 Å². The average molecular weight is 356 g/mol. The molecule has 1 N–H and O–H groups in total. The summed E-state index contributed by atoms with van der Waals surface area (Å²) in [5.41, 5.74) is -0.573. The van der Waals surface area contributed by atoms with E-state index in [0.29, 0.717) is 37.6 Å². The zero-order valence-corrected chi connectivity index (χ0v) is 15.1. The van der Waals surface area contributed by atoms with Crippen molar-refractivity contribution in [2.75, 3.05) is 38.2 Å². The molecule has 1 aliphatic heterocycles. The summed E-state index contributed by atoms with van der Waals surface area (Å²) >= 11 is 0. The van der Waals surface area contributed by atoms with Gasteiger partial charge in [0.1, 0.15) is 17.0 Å². The summed E-state index contributed by atoms with van der Waals surface area (Å²) in [6.45, 7) is 3.65. The highest BCUT2D eigenvalue weighted by Crippen LogP contribution is 2.27. The number of carbonyl (C=O) groups is 1. The molecular formula is C19H24N4O3. The predicted octanol–water partition coefficient (Wildman–Crippen LogP) is 1.59. The number of ether oxygens (including phenoxy) is 1. The summed E-state index contributed by atoms with van der Waals surface area (Å²) in [5.74, 6) is 0.940. The Balaban J connectivity index is 1.68. The van der Waals surface area contributed by atoms with Gasteiger partial charge in [0.05, 0.1) is 13.2 Å². The molecule has 1 amide bonds. The molecule has 1 atom stereocenters. The summed E-state index contributed by atoms with van der Waals surface area (Å²) in [6.07, 6.45) is 3.91. The predicted molar refractivity (Wildman–Crippen MR) is 98.4 cm³/mol. The van der Waals surface area contributed by atoms with Gasteiger partial charge in [-0.15, -0.1) is 0 Å². The molecule has 7 heteroatoms. The number of anilines is 1. The first kappa shape index (κ1) is 18.1. The lowest BCUT2D eigenvalue weighted by Gasteiger charge is -2.29. The van der Waals surface area contributed by atoms with Crippen molar-refractivity contribution in [3.63, 3.8) is 0 Å². The molecule has 1 saturated heterocycles. The fourth-order valence-electron chi connectivity index (χ4n) is 3.25. The topological polar surface area (TPSA) is 78.8 Å². The smallest absolute Gasteiger partial charge is 0.259 e. The van der Waals surface area contributed by atoms with E-state index in [1.54, 1.807) is 31.6 Å². The highest BCUT2D eigenvalue weighted by molar-refractivity contribution is 5.96. The van der Waals surface area contributed by atoms with Crippen LogP contribution in [0.4, 0.5) is 5.82 Å². The summed E-state index contributed by atoms with van der Waals surface area (Å²) in [6, 6.07) is 9.10. The second-order valence-electron chi connectivity index (χ2n) is 6.53. The molecule has 0 unspecified atom stereocenters. The first-order valence-corrected chi connectivity index (χ1v) is 8.74. The number of aromatic nitrogens is 2. The van der Waals surface area contributed by atoms with E-state index >= 15 is 0 Å². The van der Waals surface area contributed by atoms with Gasteiger partial charge in [-0.05, 0) is 37.6 Å². The van der Waals surface area contributed by atoms with Gasteiger partial charge in [0.2, 0.25) is 5.88 Å². The normalized spacial score (nSPS) is 19.4. The SMILES string of the molecule is CCOc1ncccc1C(=O)N(C)C[C@@]1(O)CCN(c2ccccn2)C1. The Labute approximate surface area is 153 Å². The molecule has 2 aromatic rings. The van der Waals surface area contributed by atoms with Crippen LogP contribution < -0.4 is 9.64 Å². The quantitative estimate of drug-likeness (QED) is 0.847. The number of pyridine rings is 2. The van der Waals surface area contributed by atoms with Crippen molar-refractivity contribution in [3.05, 3.63) is 48.3 Å². The van der Waals surface area contributed by atoms with Gasteiger partial charge >= 0.3 is 0 Å². The van der Waals surface area contributed by atoms with E-state index < -0.39 is 5.60 Å². The molecule has 3 heterocycles. The first-order chi connectivity index (χ1) is 12.5. The number of carbonyl (C=O) groups excluding carboxylic acids is 1. The Morgan fingerprint density at radius 1 is 1.31 bits per heavy atom. The highest BCUT2D eigenvalue weighted by atomic mass is 16.5. The molecule has 0 aliphatic carbocycles. The van der Waals surface area contributed by atoms with Crippen LogP contribution in [0.2, 0.25) is 0 Å². The van der Waals surface area contributed by atoms with Gasteiger partial charge in [0, 0.05) is 32.5 Å². The molecule has 1 aliphatic rings. The zero-order valence-electron chi connectivity index (χ0n) is 15.1. The molecular weight excluding hydrogens is 332 g/mol. The molecule has 0 bridgehead atoms. The first-order valence-electron chi connectivity index (χ1n) is 8.74. The van der Waals surface area contributed by atoms with Crippen LogP contribution in [0.25, 0.3) is 0 Å². The molecule has 0 saturated carbocycles. The Morgan fingerprint density at radius 3 is 2.85 bits per heavy atom. The molecule has 138 valence electrons. The molecule has 0 aromatic carbocycles. The monoisotopic (exact) mass is 356 g/mol. The second-order valence-corrected chi connectivity index (χ2v) is 6.53. The Bertz CT molecular complexity index is 755. The molecule has 1 fully saturated rings. The number of likely N-dealkylation sites (N-methyl/N-ethyl adjacent to an activating group) is 1. The minimum absolute atomic E-state index is 0.216. The van der Waals surface area contributed by atoms with Crippen LogP contribution in [0, 0.1) is 0 Å². The van der Waals surface area contributed by atoms with Crippen LogP contribution in [0.1, 0.15) is 23.7 Å². The van der Waals surface area contributed by atoms with Crippen LogP contribution in [0.5, 0.6) is 5.88 Å². The summed E-state index contributed by atoms with van der Waals surface area (Å²) < 4.78 is 5.44. The second kappa shape index (κ2) is 7.70. The Kier molecular flexibility index (Phi) is 5.37. The Morgan fingerprint density at radius 2 is 2.12 bits per heavy atom. The number of β-amino-alcohol motifs (C(OH)–C–C–N with tert-alkyl or cyclic N) is 1. The van der Waals surface area contributed by atoms with Crippen molar-refractivity contribution in [2.45, 2.75) is 18.9 Å². The van der Waals surface area contributed by atoms with Crippen molar-refractivity contribution >= 4 is 11.7 Å². The summed E-state index contributed by atoms with van der Waals surface area (Å²) in [7, 11) is 1.69. The number of nitrogens with zero attached hydrogens (tertiary/aromatic N) is 4.